The fourth-order valence-corrected chi connectivity index (χ4v) is 3.06. The molecule has 1 aromatic heterocycles. The minimum Gasteiger partial charge on any atom is -0.473 e. The first-order valence-corrected chi connectivity index (χ1v) is 9.40. The maximum absolute atomic E-state index is 13.2. The van der Waals surface area contributed by atoms with Crippen molar-refractivity contribution >= 4 is 23.5 Å². The van der Waals surface area contributed by atoms with Crippen LogP contribution in [-0.2, 0) is 14.3 Å². The molecule has 9 heteroatoms. The minimum absolute atomic E-state index is 0.0457. The number of nitrogens with one attached hydrogen (secondary N) is 1. The van der Waals surface area contributed by atoms with E-state index in [0.717, 1.165) is 12.8 Å². The molecule has 0 spiro atoms. The summed E-state index contributed by atoms with van der Waals surface area (Å²) in [4.78, 5) is 28.9. The maximum Gasteiger partial charge on any atom is 0.333 e. The molecule has 0 saturated carbocycles. The lowest BCUT2D eigenvalue weighted by atomic mass is 10.1. The van der Waals surface area contributed by atoms with E-state index in [1.54, 1.807) is 0 Å². The number of amides is 1. The fraction of sp³-hybridized carbons (Fsp3) is 0.350. The van der Waals surface area contributed by atoms with Crippen molar-refractivity contribution < 1.29 is 28.2 Å². The summed E-state index contributed by atoms with van der Waals surface area (Å²) in [6.45, 7) is 1.22. The number of hydrogen-bond donors (Lipinski definition) is 1. The predicted molar refractivity (Wildman–Crippen MR) is 102 cm³/mol. The fourth-order valence-electron chi connectivity index (χ4n) is 2.85. The second-order valence-corrected chi connectivity index (χ2v) is 6.83. The summed E-state index contributed by atoms with van der Waals surface area (Å²) in [6, 6.07) is 5.49. The van der Waals surface area contributed by atoms with Gasteiger partial charge < -0.3 is 19.5 Å². The summed E-state index contributed by atoms with van der Waals surface area (Å²) in [5.74, 6) is -1.50. The lowest BCUT2D eigenvalue weighted by Gasteiger charge is -2.23. The molecule has 1 amide bonds. The molecule has 1 fully saturated rings. The first-order valence-electron chi connectivity index (χ1n) is 9.02. The van der Waals surface area contributed by atoms with Crippen LogP contribution in [0.3, 0.4) is 0 Å². The van der Waals surface area contributed by atoms with Crippen molar-refractivity contribution in [3.05, 3.63) is 58.5 Å². The highest BCUT2D eigenvalue weighted by molar-refractivity contribution is 6.32. The monoisotopic (exact) mass is 422 g/mol. The normalized spacial score (nSPS) is 15.4. The third-order valence-electron chi connectivity index (χ3n) is 4.43. The van der Waals surface area contributed by atoms with Gasteiger partial charge in [0.25, 0.3) is 5.91 Å². The number of halogens is 2. The number of aromatic nitrogens is 1. The van der Waals surface area contributed by atoms with Crippen molar-refractivity contribution in [3.63, 3.8) is 0 Å². The van der Waals surface area contributed by atoms with Crippen molar-refractivity contribution in [2.45, 2.75) is 25.0 Å². The van der Waals surface area contributed by atoms with E-state index in [2.05, 4.69) is 10.3 Å². The van der Waals surface area contributed by atoms with Gasteiger partial charge in [0.15, 0.2) is 6.04 Å². The Kier molecular flexibility index (Phi) is 7.00. The molecule has 1 atom stereocenters. The molecule has 2 aromatic rings. The summed E-state index contributed by atoms with van der Waals surface area (Å²) in [5, 5.41) is 2.74. The molecule has 1 saturated heterocycles. The zero-order chi connectivity index (χ0) is 20.8. The Labute approximate surface area is 172 Å². The van der Waals surface area contributed by atoms with Gasteiger partial charge in [0.1, 0.15) is 16.9 Å². The second-order valence-electron chi connectivity index (χ2n) is 6.42. The number of esters is 1. The zero-order valence-corrected chi connectivity index (χ0v) is 16.4. The summed E-state index contributed by atoms with van der Waals surface area (Å²) in [7, 11) is 1.20. The highest BCUT2D eigenvalue weighted by atomic mass is 35.5. The first kappa shape index (κ1) is 21.0. The third kappa shape index (κ3) is 5.42. The van der Waals surface area contributed by atoms with E-state index in [4.69, 9.17) is 25.8 Å². The van der Waals surface area contributed by atoms with Gasteiger partial charge in [-0.2, -0.15) is 0 Å². The molecule has 2 heterocycles. The third-order valence-corrected chi connectivity index (χ3v) is 4.70. The Bertz CT molecular complexity index is 872. The topological polar surface area (TPSA) is 86.8 Å². The quantitative estimate of drug-likeness (QED) is 0.720. The Morgan fingerprint density at radius 2 is 1.97 bits per heavy atom. The Hall–Kier alpha value is -2.71. The molecule has 1 unspecified atom stereocenters. The molecule has 0 bridgehead atoms. The molecule has 1 aliphatic rings. The number of nitrogens with zero attached hydrogens (tertiary/aromatic N) is 1. The van der Waals surface area contributed by atoms with Gasteiger partial charge in [-0.25, -0.2) is 14.2 Å². The molecule has 0 radical (unpaired) electrons. The van der Waals surface area contributed by atoms with Gasteiger partial charge in [-0.3, -0.25) is 4.79 Å². The standard InChI is InChI=1S/C20H20ClFN2O5/c1-27-20(26)17(12-2-4-14(22)5-3-12)24-18(25)13-10-16(21)19(23-11-13)29-15-6-8-28-9-7-15/h2-5,10-11,15,17H,6-9H2,1H3,(H,24,25). The lowest BCUT2D eigenvalue weighted by Crippen LogP contribution is -2.34. The number of benzene rings is 1. The van der Waals surface area contributed by atoms with Crippen LogP contribution in [0.15, 0.2) is 36.5 Å². The van der Waals surface area contributed by atoms with E-state index in [-0.39, 0.29) is 22.6 Å². The smallest absolute Gasteiger partial charge is 0.333 e. The number of rotatable bonds is 6. The van der Waals surface area contributed by atoms with E-state index in [9.17, 15) is 14.0 Å². The number of ether oxygens (including phenoxy) is 3. The predicted octanol–water partition coefficient (Wildman–Crippen LogP) is 3.08. The van der Waals surface area contributed by atoms with Gasteiger partial charge in [0.2, 0.25) is 5.88 Å². The number of carbonyl (C=O) groups is 2. The molecule has 1 aromatic carbocycles. The highest BCUT2D eigenvalue weighted by Crippen LogP contribution is 2.26. The molecular weight excluding hydrogens is 403 g/mol. The van der Waals surface area contributed by atoms with Crippen LogP contribution in [0.2, 0.25) is 5.02 Å². The lowest BCUT2D eigenvalue weighted by molar-refractivity contribution is -0.143. The summed E-state index contributed by atoms with van der Waals surface area (Å²) in [6.07, 6.45) is 2.74. The molecule has 1 N–H and O–H groups in total. The van der Waals surface area contributed by atoms with Crippen molar-refractivity contribution in [1.29, 1.82) is 0 Å². The number of pyridine rings is 1. The molecule has 3 rings (SSSR count). The maximum atomic E-state index is 13.2. The summed E-state index contributed by atoms with van der Waals surface area (Å²) in [5.41, 5.74) is 0.524. The van der Waals surface area contributed by atoms with Crippen molar-refractivity contribution in [2.24, 2.45) is 0 Å². The largest absolute Gasteiger partial charge is 0.473 e. The Morgan fingerprint density at radius 3 is 2.59 bits per heavy atom. The van der Waals surface area contributed by atoms with Crippen LogP contribution < -0.4 is 10.1 Å². The number of methoxy groups -OCH3 is 1. The Balaban J connectivity index is 1.73. The highest BCUT2D eigenvalue weighted by Gasteiger charge is 2.25. The van der Waals surface area contributed by atoms with Crippen LogP contribution in [0.1, 0.15) is 34.8 Å². The van der Waals surface area contributed by atoms with E-state index < -0.39 is 23.7 Å². The summed E-state index contributed by atoms with van der Waals surface area (Å²) < 4.78 is 29.0. The van der Waals surface area contributed by atoms with Crippen LogP contribution in [0.25, 0.3) is 0 Å². The second kappa shape index (κ2) is 9.67. The van der Waals surface area contributed by atoms with Crippen LogP contribution >= 0.6 is 11.6 Å². The SMILES string of the molecule is COC(=O)C(NC(=O)c1cnc(OC2CCOCC2)c(Cl)c1)c1ccc(F)cc1. The van der Waals surface area contributed by atoms with Gasteiger partial charge in [-0.15, -0.1) is 0 Å². The minimum atomic E-state index is -1.11. The van der Waals surface area contributed by atoms with Crippen LogP contribution in [0.5, 0.6) is 5.88 Å². The van der Waals surface area contributed by atoms with Gasteiger partial charge in [-0.1, -0.05) is 23.7 Å². The molecule has 154 valence electrons. The van der Waals surface area contributed by atoms with Crippen LogP contribution in [0, 0.1) is 5.82 Å². The van der Waals surface area contributed by atoms with Crippen molar-refractivity contribution in [3.8, 4) is 5.88 Å². The summed E-state index contributed by atoms with van der Waals surface area (Å²) >= 11 is 6.22. The average Bonchev–Trinajstić information content (AvgIpc) is 2.74. The average molecular weight is 423 g/mol. The van der Waals surface area contributed by atoms with Crippen LogP contribution in [-0.4, -0.2) is 43.3 Å². The van der Waals surface area contributed by atoms with Crippen LogP contribution in [0.4, 0.5) is 4.39 Å². The van der Waals surface area contributed by atoms with Gasteiger partial charge in [-0.05, 0) is 23.8 Å². The molecule has 0 aliphatic carbocycles. The number of hydrogen-bond acceptors (Lipinski definition) is 6. The van der Waals surface area contributed by atoms with E-state index in [1.165, 1.54) is 43.6 Å². The van der Waals surface area contributed by atoms with Crippen molar-refractivity contribution in [1.82, 2.24) is 10.3 Å². The van der Waals surface area contributed by atoms with Gasteiger partial charge >= 0.3 is 5.97 Å². The number of carbonyl (C=O) groups excluding carboxylic acids is 2. The van der Waals surface area contributed by atoms with E-state index >= 15 is 0 Å². The molecule has 7 nitrogen and oxygen atoms in total. The molecule has 29 heavy (non-hydrogen) atoms. The van der Waals surface area contributed by atoms with E-state index in [0.29, 0.717) is 18.8 Å². The first-order chi connectivity index (χ1) is 14.0. The van der Waals surface area contributed by atoms with Gasteiger partial charge in [0, 0.05) is 19.0 Å². The van der Waals surface area contributed by atoms with Crippen molar-refractivity contribution in [2.75, 3.05) is 20.3 Å². The zero-order valence-electron chi connectivity index (χ0n) is 15.7. The molecular formula is C20H20ClFN2O5. The van der Waals surface area contributed by atoms with E-state index in [1.807, 2.05) is 0 Å². The molecule has 1 aliphatic heterocycles. The Morgan fingerprint density at radius 1 is 1.28 bits per heavy atom. The van der Waals surface area contributed by atoms with Gasteiger partial charge in [0.05, 0.1) is 25.9 Å².